The maximum absolute atomic E-state index is 12.6. The Morgan fingerprint density at radius 1 is 1.12 bits per heavy atom. The predicted octanol–water partition coefficient (Wildman–Crippen LogP) is 2.78. The molecule has 0 saturated carbocycles. The molecule has 1 saturated heterocycles. The number of hydrogen-bond donors (Lipinski definition) is 2. The van der Waals surface area contributed by atoms with E-state index in [1.165, 1.54) is 12.4 Å². The Morgan fingerprint density at radius 3 is 2.42 bits per heavy atom. The predicted molar refractivity (Wildman–Crippen MR) is 103 cm³/mol. The van der Waals surface area contributed by atoms with Crippen molar-refractivity contribution in [3.63, 3.8) is 0 Å². The van der Waals surface area contributed by atoms with E-state index in [2.05, 4.69) is 25.5 Å². The van der Waals surface area contributed by atoms with Crippen LogP contribution in [0.15, 0.2) is 36.7 Å². The highest BCUT2D eigenvalue weighted by molar-refractivity contribution is 6.05. The number of morpholine rings is 1. The number of carbonyl (C=O) groups excluding carboxylic acids is 1. The molecule has 26 heavy (non-hydrogen) atoms. The molecule has 2 heterocycles. The zero-order valence-corrected chi connectivity index (χ0v) is 15.5. The van der Waals surface area contributed by atoms with Crippen molar-refractivity contribution in [2.45, 2.75) is 26.3 Å². The second-order valence-electron chi connectivity index (χ2n) is 7.24. The number of rotatable bonds is 4. The van der Waals surface area contributed by atoms with Gasteiger partial charge in [-0.3, -0.25) is 4.79 Å². The van der Waals surface area contributed by atoms with Gasteiger partial charge in [-0.25, -0.2) is 9.97 Å². The molecule has 1 aromatic heterocycles. The van der Waals surface area contributed by atoms with Gasteiger partial charge in [-0.05, 0) is 32.9 Å². The Kier molecular flexibility index (Phi) is 5.37. The summed E-state index contributed by atoms with van der Waals surface area (Å²) in [5.41, 5.74) is 2.05. The third-order valence-corrected chi connectivity index (χ3v) is 3.90. The molecule has 1 fully saturated rings. The van der Waals surface area contributed by atoms with Gasteiger partial charge >= 0.3 is 0 Å². The largest absolute Gasteiger partial charge is 0.378 e. The van der Waals surface area contributed by atoms with Gasteiger partial charge in [0.05, 0.1) is 30.2 Å². The van der Waals surface area contributed by atoms with Crippen molar-refractivity contribution in [2.75, 3.05) is 41.8 Å². The number of hydrogen-bond acceptors (Lipinski definition) is 6. The van der Waals surface area contributed by atoms with Crippen LogP contribution >= 0.6 is 0 Å². The first-order chi connectivity index (χ1) is 12.4. The van der Waals surface area contributed by atoms with Gasteiger partial charge in [-0.1, -0.05) is 12.1 Å². The van der Waals surface area contributed by atoms with Crippen LogP contribution in [0.3, 0.4) is 0 Å². The van der Waals surface area contributed by atoms with Crippen LogP contribution in [0.4, 0.5) is 17.3 Å². The fourth-order valence-electron chi connectivity index (χ4n) is 2.70. The van der Waals surface area contributed by atoms with Gasteiger partial charge in [-0.2, -0.15) is 0 Å². The van der Waals surface area contributed by atoms with Crippen molar-refractivity contribution < 1.29 is 9.53 Å². The van der Waals surface area contributed by atoms with Crippen molar-refractivity contribution in [3.05, 3.63) is 42.2 Å². The zero-order chi connectivity index (χ0) is 18.6. The second kappa shape index (κ2) is 7.70. The van der Waals surface area contributed by atoms with Crippen LogP contribution in [0.2, 0.25) is 0 Å². The molecule has 3 rings (SSSR count). The minimum Gasteiger partial charge on any atom is -0.378 e. The van der Waals surface area contributed by atoms with Crippen LogP contribution in [0.25, 0.3) is 0 Å². The molecule has 138 valence electrons. The van der Waals surface area contributed by atoms with Crippen molar-refractivity contribution in [1.82, 2.24) is 9.97 Å². The molecule has 1 aromatic carbocycles. The lowest BCUT2D eigenvalue weighted by Gasteiger charge is -2.30. The molecular formula is C19H25N5O2. The summed E-state index contributed by atoms with van der Waals surface area (Å²) in [4.78, 5) is 23.3. The van der Waals surface area contributed by atoms with E-state index in [0.717, 1.165) is 24.5 Å². The Bertz CT molecular complexity index is 749. The monoisotopic (exact) mass is 355 g/mol. The number of carbonyl (C=O) groups is 1. The van der Waals surface area contributed by atoms with Gasteiger partial charge in [0.25, 0.3) is 5.91 Å². The molecule has 7 heteroatoms. The normalized spacial score (nSPS) is 14.8. The van der Waals surface area contributed by atoms with E-state index in [4.69, 9.17) is 4.74 Å². The number of aromatic nitrogens is 2. The third kappa shape index (κ3) is 4.70. The summed E-state index contributed by atoms with van der Waals surface area (Å²) in [6, 6.07) is 7.79. The first kappa shape index (κ1) is 18.1. The van der Waals surface area contributed by atoms with E-state index in [0.29, 0.717) is 24.7 Å². The number of para-hydroxylation sites is 2. The van der Waals surface area contributed by atoms with Gasteiger partial charge < -0.3 is 20.3 Å². The van der Waals surface area contributed by atoms with Crippen molar-refractivity contribution in [2.24, 2.45) is 0 Å². The molecule has 0 radical (unpaired) electrons. The lowest BCUT2D eigenvalue weighted by molar-refractivity contribution is 0.102. The summed E-state index contributed by atoms with van der Waals surface area (Å²) in [5, 5.41) is 6.15. The second-order valence-corrected chi connectivity index (χ2v) is 7.24. The molecule has 0 spiro atoms. The van der Waals surface area contributed by atoms with Gasteiger partial charge in [0.2, 0.25) is 5.95 Å². The van der Waals surface area contributed by atoms with Gasteiger partial charge in [0, 0.05) is 31.0 Å². The summed E-state index contributed by atoms with van der Waals surface area (Å²) in [6.07, 6.45) is 3.07. The first-order valence-corrected chi connectivity index (χ1v) is 8.76. The first-order valence-electron chi connectivity index (χ1n) is 8.76. The van der Waals surface area contributed by atoms with Gasteiger partial charge in [-0.15, -0.1) is 0 Å². The molecule has 2 aromatic rings. The van der Waals surface area contributed by atoms with Crippen LogP contribution < -0.4 is 15.5 Å². The topological polar surface area (TPSA) is 79.4 Å². The van der Waals surface area contributed by atoms with Gasteiger partial charge in [0.1, 0.15) is 0 Å². The van der Waals surface area contributed by atoms with Crippen molar-refractivity contribution in [3.8, 4) is 0 Å². The third-order valence-electron chi connectivity index (χ3n) is 3.90. The smallest absolute Gasteiger partial charge is 0.258 e. The molecular weight excluding hydrogens is 330 g/mol. The van der Waals surface area contributed by atoms with Crippen LogP contribution in [0.1, 0.15) is 31.1 Å². The lowest BCUT2D eigenvalue weighted by Crippen LogP contribution is -2.36. The highest BCUT2D eigenvalue weighted by Gasteiger charge is 2.17. The number of amides is 1. The van der Waals surface area contributed by atoms with Gasteiger partial charge in [0.15, 0.2) is 0 Å². The number of ether oxygens (including phenoxy) is 1. The number of anilines is 3. The lowest BCUT2D eigenvalue weighted by atomic mass is 10.1. The van der Waals surface area contributed by atoms with E-state index >= 15 is 0 Å². The molecule has 0 bridgehead atoms. The quantitative estimate of drug-likeness (QED) is 0.878. The maximum Gasteiger partial charge on any atom is 0.258 e. The number of nitrogens with zero attached hydrogens (tertiary/aromatic N) is 3. The SMILES string of the molecule is CC(C)(C)Nc1ncc(C(=O)Nc2ccccc2N2CCOCC2)cn1. The molecule has 0 aliphatic carbocycles. The Hall–Kier alpha value is -2.67. The van der Waals surface area contributed by atoms with Crippen LogP contribution in [0, 0.1) is 0 Å². The van der Waals surface area contributed by atoms with E-state index in [1.807, 2.05) is 45.0 Å². The van der Waals surface area contributed by atoms with Crippen molar-refractivity contribution in [1.29, 1.82) is 0 Å². The molecule has 7 nitrogen and oxygen atoms in total. The summed E-state index contributed by atoms with van der Waals surface area (Å²) >= 11 is 0. The highest BCUT2D eigenvalue weighted by atomic mass is 16.5. The van der Waals surface area contributed by atoms with E-state index in [1.54, 1.807) is 0 Å². The summed E-state index contributed by atoms with van der Waals surface area (Å²) in [6.45, 7) is 9.09. The Morgan fingerprint density at radius 2 is 1.77 bits per heavy atom. The molecule has 1 amide bonds. The summed E-state index contributed by atoms with van der Waals surface area (Å²) in [5.74, 6) is 0.274. The van der Waals surface area contributed by atoms with Crippen LogP contribution in [0.5, 0.6) is 0 Å². The van der Waals surface area contributed by atoms with E-state index in [-0.39, 0.29) is 11.4 Å². The number of benzene rings is 1. The minimum absolute atomic E-state index is 0.138. The van der Waals surface area contributed by atoms with E-state index < -0.39 is 0 Å². The fraction of sp³-hybridized carbons (Fsp3) is 0.421. The summed E-state index contributed by atoms with van der Waals surface area (Å²) in [7, 11) is 0. The molecule has 2 N–H and O–H groups in total. The summed E-state index contributed by atoms with van der Waals surface area (Å²) < 4.78 is 5.41. The maximum atomic E-state index is 12.6. The average Bonchev–Trinajstić information content (AvgIpc) is 2.62. The number of nitrogens with one attached hydrogen (secondary N) is 2. The van der Waals surface area contributed by atoms with Crippen molar-refractivity contribution >= 4 is 23.2 Å². The minimum atomic E-state index is -0.229. The Balaban J connectivity index is 1.72. The molecule has 1 aliphatic rings. The highest BCUT2D eigenvalue weighted by Crippen LogP contribution is 2.26. The van der Waals surface area contributed by atoms with E-state index in [9.17, 15) is 4.79 Å². The molecule has 0 unspecified atom stereocenters. The van der Waals surface area contributed by atoms with Crippen LogP contribution in [-0.4, -0.2) is 47.7 Å². The molecule has 1 aliphatic heterocycles. The average molecular weight is 355 g/mol. The van der Waals surface area contributed by atoms with Crippen LogP contribution in [-0.2, 0) is 4.74 Å². The zero-order valence-electron chi connectivity index (χ0n) is 15.5. The Labute approximate surface area is 153 Å². The molecule has 0 atom stereocenters. The fourth-order valence-corrected chi connectivity index (χ4v) is 2.70. The standard InChI is InChI=1S/C19H25N5O2/c1-19(2,3)23-18-20-12-14(13-21-18)17(25)22-15-6-4-5-7-16(15)24-8-10-26-11-9-24/h4-7,12-13H,8-11H2,1-3H3,(H,22,25)(H,20,21,23).